The number of hydrogen-bond donors (Lipinski definition) is 1. The zero-order chi connectivity index (χ0) is 14.1. The van der Waals surface area contributed by atoms with Crippen LogP contribution in [0.3, 0.4) is 0 Å². The Hall–Kier alpha value is -1.60. The molecule has 0 radical (unpaired) electrons. The average Bonchev–Trinajstić information content (AvgIpc) is 2.80. The monoisotopic (exact) mass is 265 g/mol. The van der Waals surface area contributed by atoms with Crippen LogP contribution in [-0.4, -0.2) is 0 Å². The van der Waals surface area contributed by atoms with Crippen molar-refractivity contribution < 1.29 is 0 Å². The molecule has 1 atom stereocenters. The van der Waals surface area contributed by atoms with Crippen molar-refractivity contribution in [3.63, 3.8) is 0 Å². The first-order valence-corrected chi connectivity index (χ1v) is 7.62. The van der Waals surface area contributed by atoms with Gasteiger partial charge in [-0.05, 0) is 53.0 Å². The summed E-state index contributed by atoms with van der Waals surface area (Å²) in [6, 6.07) is 15.8. The first-order chi connectivity index (χ1) is 9.65. The fraction of sp³-hybridized carbons (Fsp3) is 0.368. The molecule has 1 aliphatic carbocycles. The lowest BCUT2D eigenvalue weighted by Gasteiger charge is -2.12. The van der Waals surface area contributed by atoms with Crippen LogP contribution in [0.1, 0.15) is 43.0 Å². The molecule has 0 amide bonds. The maximum absolute atomic E-state index is 6.19. The number of fused-ring (bicyclic) bond motifs is 1. The van der Waals surface area contributed by atoms with Gasteiger partial charge in [-0.15, -0.1) is 0 Å². The van der Waals surface area contributed by atoms with E-state index in [-0.39, 0.29) is 6.04 Å². The second-order valence-electron chi connectivity index (χ2n) is 6.32. The van der Waals surface area contributed by atoms with Gasteiger partial charge in [-0.3, -0.25) is 0 Å². The van der Waals surface area contributed by atoms with E-state index >= 15 is 0 Å². The summed E-state index contributed by atoms with van der Waals surface area (Å²) in [5.41, 5.74) is 13.1. The molecule has 0 fully saturated rings. The summed E-state index contributed by atoms with van der Waals surface area (Å²) in [5.74, 6) is 0.695. The molecule has 20 heavy (non-hydrogen) atoms. The molecule has 0 saturated heterocycles. The van der Waals surface area contributed by atoms with Gasteiger partial charge in [0.25, 0.3) is 0 Å². The highest BCUT2D eigenvalue weighted by atomic mass is 14.6. The molecule has 0 heterocycles. The summed E-state index contributed by atoms with van der Waals surface area (Å²) in [6.07, 6.45) is 3.33. The largest absolute Gasteiger partial charge is 0.324 e. The molecule has 1 aliphatic rings. The Bertz CT molecular complexity index is 613. The Kier molecular flexibility index (Phi) is 3.62. The molecule has 2 aromatic rings. The van der Waals surface area contributed by atoms with Crippen molar-refractivity contribution in [1.29, 1.82) is 0 Å². The van der Waals surface area contributed by atoms with Crippen LogP contribution in [0.2, 0.25) is 0 Å². The molecule has 0 bridgehead atoms. The van der Waals surface area contributed by atoms with Gasteiger partial charge >= 0.3 is 0 Å². The van der Waals surface area contributed by atoms with E-state index in [1.54, 1.807) is 0 Å². The van der Waals surface area contributed by atoms with Crippen molar-refractivity contribution in [1.82, 2.24) is 0 Å². The smallest absolute Gasteiger partial charge is 0.0300 e. The quantitative estimate of drug-likeness (QED) is 0.869. The Labute approximate surface area is 121 Å². The molecule has 0 spiro atoms. The molecule has 1 unspecified atom stereocenters. The van der Waals surface area contributed by atoms with Gasteiger partial charge in [0.1, 0.15) is 0 Å². The molecule has 0 aliphatic heterocycles. The van der Waals surface area contributed by atoms with Crippen LogP contribution >= 0.6 is 0 Å². The number of benzene rings is 2. The second kappa shape index (κ2) is 5.41. The van der Waals surface area contributed by atoms with E-state index in [0.717, 1.165) is 19.3 Å². The Morgan fingerprint density at radius 2 is 1.95 bits per heavy atom. The Morgan fingerprint density at radius 1 is 1.15 bits per heavy atom. The van der Waals surface area contributed by atoms with Gasteiger partial charge in [-0.2, -0.15) is 0 Å². The number of hydrogen-bond acceptors (Lipinski definition) is 1. The Morgan fingerprint density at radius 3 is 2.75 bits per heavy atom. The highest BCUT2D eigenvalue weighted by molar-refractivity contribution is 5.70. The maximum atomic E-state index is 6.19. The third-order valence-electron chi connectivity index (χ3n) is 4.20. The van der Waals surface area contributed by atoms with E-state index in [1.807, 2.05) is 0 Å². The van der Waals surface area contributed by atoms with Crippen molar-refractivity contribution in [2.24, 2.45) is 11.7 Å². The van der Waals surface area contributed by atoms with Crippen LogP contribution in [0.25, 0.3) is 11.1 Å². The predicted molar refractivity (Wildman–Crippen MR) is 85.7 cm³/mol. The zero-order valence-electron chi connectivity index (χ0n) is 12.4. The fourth-order valence-electron chi connectivity index (χ4n) is 3.29. The van der Waals surface area contributed by atoms with Crippen molar-refractivity contribution in [3.05, 3.63) is 59.2 Å². The van der Waals surface area contributed by atoms with Crippen LogP contribution in [0.4, 0.5) is 0 Å². The third-order valence-corrected chi connectivity index (χ3v) is 4.20. The van der Waals surface area contributed by atoms with E-state index in [1.165, 1.54) is 27.8 Å². The molecule has 2 N–H and O–H groups in total. The van der Waals surface area contributed by atoms with E-state index in [9.17, 15) is 0 Å². The van der Waals surface area contributed by atoms with E-state index in [4.69, 9.17) is 5.73 Å². The standard InChI is InChI=1S/C19H23N/c1-13(2)11-14-5-3-6-15(12-14)16-7-4-8-18-17(16)9-10-19(18)20/h3-8,12-13,19H,9-11,20H2,1-2H3. The van der Waals surface area contributed by atoms with Crippen LogP contribution in [0.5, 0.6) is 0 Å². The minimum atomic E-state index is 0.226. The predicted octanol–water partition coefficient (Wildman–Crippen LogP) is 4.50. The molecular weight excluding hydrogens is 242 g/mol. The van der Waals surface area contributed by atoms with Gasteiger partial charge in [0.15, 0.2) is 0 Å². The first kappa shape index (κ1) is 13.4. The summed E-state index contributed by atoms with van der Waals surface area (Å²) in [6.45, 7) is 4.54. The number of rotatable bonds is 3. The molecule has 2 aromatic carbocycles. The fourth-order valence-corrected chi connectivity index (χ4v) is 3.29. The topological polar surface area (TPSA) is 26.0 Å². The molecule has 0 saturated carbocycles. The lowest BCUT2D eigenvalue weighted by Crippen LogP contribution is -2.04. The molecule has 0 aromatic heterocycles. The summed E-state index contributed by atoms with van der Waals surface area (Å²) >= 11 is 0. The first-order valence-electron chi connectivity index (χ1n) is 7.62. The van der Waals surface area contributed by atoms with Crippen LogP contribution in [0, 0.1) is 5.92 Å². The highest BCUT2D eigenvalue weighted by Gasteiger charge is 2.21. The normalized spacial score (nSPS) is 17.5. The second-order valence-corrected chi connectivity index (χ2v) is 6.32. The summed E-state index contributed by atoms with van der Waals surface area (Å²) in [5, 5.41) is 0. The lowest BCUT2D eigenvalue weighted by molar-refractivity contribution is 0.647. The summed E-state index contributed by atoms with van der Waals surface area (Å²) in [7, 11) is 0. The van der Waals surface area contributed by atoms with Gasteiger partial charge < -0.3 is 5.73 Å². The van der Waals surface area contributed by atoms with Gasteiger partial charge in [-0.25, -0.2) is 0 Å². The molecule has 104 valence electrons. The van der Waals surface area contributed by atoms with Gasteiger partial charge in [0, 0.05) is 6.04 Å². The van der Waals surface area contributed by atoms with Crippen LogP contribution in [-0.2, 0) is 12.8 Å². The van der Waals surface area contributed by atoms with Crippen LogP contribution in [0.15, 0.2) is 42.5 Å². The highest BCUT2D eigenvalue weighted by Crippen LogP contribution is 2.36. The number of nitrogens with two attached hydrogens (primary N) is 1. The lowest BCUT2D eigenvalue weighted by atomic mass is 9.93. The zero-order valence-corrected chi connectivity index (χ0v) is 12.4. The molecule has 1 heteroatoms. The van der Waals surface area contributed by atoms with Crippen molar-refractivity contribution in [2.75, 3.05) is 0 Å². The van der Waals surface area contributed by atoms with E-state index in [2.05, 4.69) is 56.3 Å². The van der Waals surface area contributed by atoms with E-state index in [0.29, 0.717) is 5.92 Å². The SMILES string of the molecule is CC(C)Cc1cccc(-c2cccc3c2CCC3N)c1. The van der Waals surface area contributed by atoms with Gasteiger partial charge in [0.05, 0.1) is 0 Å². The summed E-state index contributed by atoms with van der Waals surface area (Å²) in [4.78, 5) is 0. The Balaban J connectivity index is 2.02. The molecular formula is C19H23N. The third kappa shape index (κ3) is 2.51. The van der Waals surface area contributed by atoms with Crippen molar-refractivity contribution in [3.8, 4) is 11.1 Å². The minimum Gasteiger partial charge on any atom is -0.324 e. The average molecular weight is 265 g/mol. The molecule has 1 nitrogen and oxygen atoms in total. The molecule has 3 rings (SSSR count). The van der Waals surface area contributed by atoms with Crippen molar-refractivity contribution in [2.45, 2.75) is 39.2 Å². The van der Waals surface area contributed by atoms with Gasteiger partial charge in [0.2, 0.25) is 0 Å². The van der Waals surface area contributed by atoms with E-state index < -0.39 is 0 Å². The maximum Gasteiger partial charge on any atom is 0.0300 e. The van der Waals surface area contributed by atoms with Crippen LogP contribution < -0.4 is 5.73 Å². The summed E-state index contributed by atoms with van der Waals surface area (Å²) < 4.78 is 0. The van der Waals surface area contributed by atoms with Crippen molar-refractivity contribution >= 4 is 0 Å². The minimum absolute atomic E-state index is 0.226. The van der Waals surface area contributed by atoms with Gasteiger partial charge in [-0.1, -0.05) is 56.3 Å².